The minimum Gasteiger partial charge on any atom is -0.467 e. The average molecular weight is 259 g/mol. The van der Waals surface area contributed by atoms with Crippen LogP contribution in [0.15, 0.2) is 0 Å². The van der Waals surface area contributed by atoms with E-state index in [1.807, 2.05) is 0 Å². The lowest BCUT2D eigenvalue weighted by atomic mass is 10.2. The summed E-state index contributed by atoms with van der Waals surface area (Å²) in [5.41, 5.74) is -0.519. The highest BCUT2D eigenvalue weighted by atomic mass is 16.6. The van der Waals surface area contributed by atoms with Gasteiger partial charge in [0.15, 0.2) is 6.10 Å². The molecule has 1 N–H and O–H groups in total. The molecule has 2 atom stereocenters. The monoisotopic (exact) mass is 259 g/mol. The van der Waals surface area contributed by atoms with Gasteiger partial charge in [0.05, 0.1) is 13.2 Å². The third-order valence-electron chi connectivity index (χ3n) is 2.44. The Balaban J connectivity index is 2.26. The normalized spacial score (nSPS) is 23.6. The van der Waals surface area contributed by atoms with Gasteiger partial charge in [-0.3, -0.25) is 0 Å². The SMILES string of the molecule is COC(=O)[C@H]1CC[C@@H](CNC(=O)OC(C)(C)C)O1. The second-order valence-electron chi connectivity index (χ2n) is 5.23. The van der Waals surface area contributed by atoms with E-state index in [-0.39, 0.29) is 12.1 Å². The summed E-state index contributed by atoms with van der Waals surface area (Å²) < 4.78 is 15.1. The lowest BCUT2D eigenvalue weighted by Crippen LogP contribution is -2.37. The van der Waals surface area contributed by atoms with Crippen molar-refractivity contribution in [1.29, 1.82) is 0 Å². The first-order chi connectivity index (χ1) is 8.31. The second-order valence-corrected chi connectivity index (χ2v) is 5.23. The second kappa shape index (κ2) is 6.04. The van der Waals surface area contributed by atoms with E-state index in [4.69, 9.17) is 9.47 Å². The maximum atomic E-state index is 11.4. The number of alkyl carbamates (subject to hydrolysis) is 1. The smallest absolute Gasteiger partial charge is 0.407 e. The topological polar surface area (TPSA) is 73.9 Å². The molecule has 0 unspecified atom stereocenters. The molecule has 0 saturated carbocycles. The van der Waals surface area contributed by atoms with Gasteiger partial charge in [-0.25, -0.2) is 9.59 Å². The molecule has 0 aromatic heterocycles. The summed E-state index contributed by atoms with van der Waals surface area (Å²) in [6.45, 7) is 5.73. The summed E-state index contributed by atoms with van der Waals surface area (Å²) in [4.78, 5) is 22.6. The first-order valence-corrected chi connectivity index (χ1v) is 6.02. The van der Waals surface area contributed by atoms with Gasteiger partial charge < -0.3 is 19.5 Å². The fraction of sp³-hybridized carbons (Fsp3) is 0.833. The molecule has 0 aliphatic carbocycles. The highest BCUT2D eigenvalue weighted by Gasteiger charge is 2.31. The highest BCUT2D eigenvalue weighted by Crippen LogP contribution is 2.20. The van der Waals surface area contributed by atoms with Crippen molar-refractivity contribution in [1.82, 2.24) is 5.32 Å². The maximum Gasteiger partial charge on any atom is 0.407 e. The quantitative estimate of drug-likeness (QED) is 0.772. The van der Waals surface area contributed by atoms with E-state index >= 15 is 0 Å². The molecule has 0 aromatic rings. The van der Waals surface area contributed by atoms with Crippen LogP contribution >= 0.6 is 0 Å². The van der Waals surface area contributed by atoms with Crippen LogP contribution in [-0.4, -0.2) is 43.5 Å². The van der Waals surface area contributed by atoms with Gasteiger partial charge in [0.1, 0.15) is 5.60 Å². The molecule has 18 heavy (non-hydrogen) atoms. The van der Waals surface area contributed by atoms with Gasteiger partial charge >= 0.3 is 12.1 Å². The van der Waals surface area contributed by atoms with Gasteiger partial charge in [-0.05, 0) is 33.6 Å². The number of ether oxygens (including phenoxy) is 3. The zero-order valence-corrected chi connectivity index (χ0v) is 11.3. The number of esters is 1. The molecule has 6 heteroatoms. The van der Waals surface area contributed by atoms with Crippen molar-refractivity contribution in [3.63, 3.8) is 0 Å². The summed E-state index contributed by atoms with van der Waals surface area (Å²) in [5.74, 6) is -0.366. The zero-order chi connectivity index (χ0) is 13.8. The van der Waals surface area contributed by atoms with Crippen molar-refractivity contribution in [2.75, 3.05) is 13.7 Å². The Morgan fingerprint density at radius 1 is 1.33 bits per heavy atom. The highest BCUT2D eigenvalue weighted by molar-refractivity contribution is 5.74. The predicted molar refractivity (Wildman–Crippen MR) is 64.1 cm³/mol. The molecule has 6 nitrogen and oxygen atoms in total. The van der Waals surface area contributed by atoms with Crippen LogP contribution in [0.2, 0.25) is 0 Å². The lowest BCUT2D eigenvalue weighted by Gasteiger charge is -2.20. The Morgan fingerprint density at radius 3 is 2.56 bits per heavy atom. The number of carbonyl (C=O) groups excluding carboxylic acids is 2. The van der Waals surface area contributed by atoms with Crippen LogP contribution in [-0.2, 0) is 19.0 Å². The molecule has 0 bridgehead atoms. The van der Waals surface area contributed by atoms with E-state index in [0.717, 1.165) is 6.42 Å². The van der Waals surface area contributed by atoms with E-state index in [0.29, 0.717) is 13.0 Å². The van der Waals surface area contributed by atoms with Crippen molar-refractivity contribution in [3.05, 3.63) is 0 Å². The summed E-state index contributed by atoms with van der Waals surface area (Å²) >= 11 is 0. The van der Waals surface area contributed by atoms with Gasteiger partial charge in [0.2, 0.25) is 0 Å². The minimum atomic E-state index is -0.519. The van der Waals surface area contributed by atoms with Crippen LogP contribution in [0.5, 0.6) is 0 Å². The summed E-state index contributed by atoms with van der Waals surface area (Å²) in [5, 5.41) is 2.62. The van der Waals surface area contributed by atoms with Gasteiger partial charge in [0, 0.05) is 6.54 Å². The number of carbonyl (C=O) groups is 2. The summed E-state index contributed by atoms with van der Waals surface area (Å²) in [6.07, 6.45) is 0.179. The Morgan fingerprint density at radius 2 is 2.00 bits per heavy atom. The fourth-order valence-corrected chi connectivity index (χ4v) is 1.67. The van der Waals surface area contributed by atoms with E-state index in [2.05, 4.69) is 10.1 Å². The van der Waals surface area contributed by atoms with Crippen LogP contribution < -0.4 is 5.32 Å². The van der Waals surface area contributed by atoms with Crippen molar-refractivity contribution in [2.45, 2.75) is 51.4 Å². The van der Waals surface area contributed by atoms with Gasteiger partial charge in [-0.1, -0.05) is 0 Å². The van der Waals surface area contributed by atoms with Crippen LogP contribution in [0, 0.1) is 0 Å². The first kappa shape index (κ1) is 14.8. The molecule has 0 radical (unpaired) electrons. The molecular formula is C12H21NO5. The largest absolute Gasteiger partial charge is 0.467 e. The van der Waals surface area contributed by atoms with E-state index in [1.165, 1.54) is 7.11 Å². The molecule has 0 spiro atoms. The number of methoxy groups -OCH3 is 1. The zero-order valence-electron chi connectivity index (χ0n) is 11.3. The maximum absolute atomic E-state index is 11.4. The molecule has 1 heterocycles. The number of rotatable bonds is 3. The van der Waals surface area contributed by atoms with E-state index in [9.17, 15) is 9.59 Å². The third-order valence-corrected chi connectivity index (χ3v) is 2.44. The van der Waals surface area contributed by atoms with Crippen molar-refractivity contribution < 1.29 is 23.8 Å². The van der Waals surface area contributed by atoms with Crippen LogP contribution in [0.4, 0.5) is 4.79 Å². The molecular weight excluding hydrogens is 238 g/mol. The molecule has 104 valence electrons. The molecule has 1 aliphatic heterocycles. The molecule has 1 aliphatic rings. The third kappa shape index (κ3) is 4.91. The van der Waals surface area contributed by atoms with Crippen LogP contribution in [0.1, 0.15) is 33.6 Å². The number of hydrogen-bond donors (Lipinski definition) is 1. The Labute approximate surface area is 107 Å². The summed E-state index contributed by atoms with van der Waals surface area (Å²) in [7, 11) is 1.33. The molecule has 1 fully saturated rings. The number of amides is 1. The van der Waals surface area contributed by atoms with Crippen LogP contribution in [0.3, 0.4) is 0 Å². The Hall–Kier alpha value is -1.30. The van der Waals surface area contributed by atoms with Gasteiger partial charge in [-0.2, -0.15) is 0 Å². The van der Waals surface area contributed by atoms with Crippen molar-refractivity contribution in [3.8, 4) is 0 Å². The standard InChI is InChI=1S/C12H21NO5/c1-12(2,3)18-11(15)13-7-8-5-6-9(17-8)10(14)16-4/h8-9H,5-7H2,1-4H3,(H,13,15)/t8-,9+/m0/s1. The van der Waals surface area contributed by atoms with Gasteiger partial charge in [-0.15, -0.1) is 0 Å². The molecule has 0 aromatic carbocycles. The molecule has 1 amide bonds. The molecule has 1 rings (SSSR count). The first-order valence-electron chi connectivity index (χ1n) is 6.02. The number of hydrogen-bond acceptors (Lipinski definition) is 5. The van der Waals surface area contributed by atoms with Crippen LogP contribution in [0.25, 0.3) is 0 Å². The van der Waals surface area contributed by atoms with Crippen molar-refractivity contribution in [2.24, 2.45) is 0 Å². The fourth-order valence-electron chi connectivity index (χ4n) is 1.67. The number of nitrogens with one attached hydrogen (secondary N) is 1. The van der Waals surface area contributed by atoms with E-state index in [1.54, 1.807) is 20.8 Å². The van der Waals surface area contributed by atoms with Gasteiger partial charge in [0.25, 0.3) is 0 Å². The Kier molecular flexibility index (Phi) is 4.95. The summed E-state index contributed by atoms with van der Waals surface area (Å²) in [6, 6.07) is 0. The minimum absolute atomic E-state index is 0.165. The molecule has 1 saturated heterocycles. The Bertz CT molecular complexity index is 310. The van der Waals surface area contributed by atoms with E-state index < -0.39 is 17.8 Å². The lowest BCUT2D eigenvalue weighted by molar-refractivity contribution is -0.153. The average Bonchev–Trinajstić information content (AvgIpc) is 2.71. The van der Waals surface area contributed by atoms with Crippen molar-refractivity contribution >= 4 is 12.1 Å². The predicted octanol–water partition coefficient (Wildman–Crippen LogP) is 1.23.